The summed E-state index contributed by atoms with van der Waals surface area (Å²) >= 11 is 0. The minimum Gasteiger partial charge on any atom is -0.350 e. The maximum atomic E-state index is 5.95. The fourth-order valence-electron chi connectivity index (χ4n) is 2.46. The average Bonchev–Trinajstić information content (AvgIpc) is 2.48. The Kier molecular flexibility index (Phi) is 2.85. The Labute approximate surface area is 87.0 Å². The van der Waals surface area contributed by atoms with Crippen molar-refractivity contribution in [1.82, 2.24) is 0 Å². The second-order valence-corrected chi connectivity index (χ2v) is 5.38. The minimum absolute atomic E-state index is 0.190. The van der Waals surface area contributed by atoms with E-state index in [9.17, 15) is 0 Å². The Hall–Kier alpha value is -0.0800. The molecule has 82 valence electrons. The summed E-state index contributed by atoms with van der Waals surface area (Å²) in [5.74, 6) is 1.85. The molecule has 1 aliphatic carbocycles. The second kappa shape index (κ2) is 3.82. The first-order valence-electron chi connectivity index (χ1n) is 5.89. The van der Waals surface area contributed by atoms with Crippen molar-refractivity contribution in [3.63, 3.8) is 0 Å². The van der Waals surface area contributed by atoms with Crippen LogP contribution in [0.5, 0.6) is 0 Å². The van der Waals surface area contributed by atoms with Crippen LogP contribution in [0.25, 0.3) is 0 Å². The summed E-state index contributed by atoms with van der Waals surface area (Å²) < 4.78 is 11.9. The van der Waals surface area contributed by atoms with Crippen LogP contribution in [-0.2, 0) is 9.47 Å². The van der Waals surface area contributed by atoms with Crippen molar-refractivity contribution in [2.24, 2.45) is 17.8 Å². The molecule has 14 heavy (non-hydrogen) atoms. The molecule has 0 aromatic carbocycles. The third kappa shape index (κ3) is 1.96. The van der Waals surface area contributed by atoms with Crippen molar-refractivity contribution in [3.8, 4) is 0 Å². The van der Waals surface area contributed by atoms with Crippen molar-refractivity contribution >= 4 is 0 Å². The maximum absolute atomic E-state index is 5.95. The van der Waals surface area contributed by atoms with E-state index < -0.39 is 0 Å². The highest BCUT2D eigenvalue weighted by Gasteiger charge is 2.43. The maximum Gasteiger partial charge on any atom is 0.168 e. The van der Waals surface area contributed by atoms with Crippen LogP contribution in [0.2, 0.25) is 0 Å². The van der Waals surface area contributed by atoms with Gasteiger partial charge in [0.2, 0.25) is 0 Å². The van der Waals surface area contributed by atoms with E-state index in [0.29, 0.717) is 11.8 Å². The largest absolute Gasteiger partial charge is 0.350 e. The molecule has 1 atom stereocenters. The Balaban J connectivity index is 1.89. The van der Waals surface area contributed by atoms with Gasteiger partial charge in [-0.3, -0.25) is 0 Å². The molecule has 0 amide bonds. The van der Waals surface area contributed by atoms with Gasteiger partial charge in [-0.05, 0) is 18.3 Å². The van der Waals surface area contributed by atoms with Gasteiger partial charge in [-0.15, -0.1) is 0 Å². The lowest BCUT2D eigenvalue weighted by Gasteiger charge is -2.39. The van der Waals surface area contributed by atoms with Gasteiger partial charge in [0.1, 0.15) is 0 Å². The van der Waals surface area contributed by atoms with Crippen LogP contribution in [0.1, 0.15) is 40.0 Å². The molecule has 1 aliphatic heterocycles. The lowest BCUT2D eigenvalue weighted by atomic mass is 9.96. The smallest absolute Gasteiger partial charge is 0.168 e. The molecule has 1 spiro atoms. The van der Waals surface area contributed by atoms with Gasteiger partial charge in [-0.1, -0.05) is 20.8 Å². The molecule has 0 radical (unpaired) electrons. The first-order chi connectivity index (χ1) is 6.61. The van der Waals surface area contributed by atoms with Crippen LogP contribution in [-0.4, -0.2) is 19.0 Å². The lowest BCUT2D eigenvalue weighted by Crippen LogP contribution is -2.43. The molecule has 0 aromatic heterocycles. The van der Waals surface area contributed by atoms with Gasteiger partial charge in [-0.2, -0.15) is 0 Å². The van der Waals surface area contributed by atoms with Crippen molar-refractivity contribution < 1.29 is 9.47 Å². The summed E-state index contributed by atoms with van der Waals surface area (Å²) in [6, 6.07) is 0. The summed E-state index contributed by atoms with van der Waals surface area (Å²) in [7, 11) is 0. The Morgan fingerprint density at radius 3 is 2.29 bits per heavy atom. The van der Waals surface area contributed by atoms with Crippen LogP contribution in [0, 0.1) is 17.8 Å². The monoisotopic (exact) mass is 198 g/mol. The highest BCUT2D eigenvalue weighted by molar-refractivity contribution is 4.85. The van der Waals surface area contributed by atoms with E-state index in [1.807, 2.05) is 0 Å². The van der Waals surface area contributed by atoms with Gasteiger partial charge in [0.05, 0.1) is 13.2 Å². The summed E-state index contributed by atoms with van der Waals surface area (Å²) in [6.07, 6.45) is 3.45. The molecule has 1 saturated heterocycles. The fourth-order valence-corrected chi connectivity index (χ4v) is 2.46. The highest BCUT2D eigenvalue weighted by atomic mass is 16.7. The Morgan fingerprint density at radius 2 is 1.86 bits per heavy atom. The highest BCUT2D eigenvalue weighted by Crippen LogP contribution is 2.41. The molecule has 1 saturated carbocycles. The SMILES string of the molecule is CC1CCC2(C1)OCC(C(C)C)CO2. The predicted octanol–water partition coefficient (Wildman–Crippen LogP) is 2.82. The number of hydrogen-bond donors (Lipinski definition) is 0. The summed E-state index contributed by atoms with van der Waals surface area (Å²) in [5.41, 5.74) is 0. The van der Waals surface area contributed by atoms with Gasteiger partial charge in [-0.25, -0.2) is 0 Å². The number of hydrogen-bond acceptors (Lipinski definition) is 2. The zero-order valence-electron chi connectivity index (χ0n) is 9.58. The second-order valence-electron chi connectivity index (χ2n) is 5.38. The molecule has 0 aromatic rings. The molecule has 2 nitrogen and oxygen atoms in total. The molecule has 2 rings (SSSR count). The zero-order valence-corrected chi connectivity index (χ0v) is 9.58. The standard InChI is InChI=1S/C12H22O2/c1-9(2)11-7-13-12(14-8-11)5-4-10(3)6-12/h9-11H,4-8H2,1-3H3. The quantitative estimate of drug-likeness (QED) is 0.645. The zero-order chi connectivity index (χ0) is 10.2. The molecule has 2 fully saturated rings. The van der Waals surface area contributed by atoms with E-state index in [1.165, 1.54) is 6.42 Å². The molecule has 0 N–H and O–H groups in total. The van der Waals surface area contributed by atoms with Crippen molar-refractivity contribution in [1.29, 1.82) is 0 Å². The van der Waals surface area contributed by atoms with Crippen LogP contribution in [0.15, 0.2) is 0 Å². The fraction of sp³-hybridized carbons (Fsp3) is 1.00. The van der Waals surface area contributed by atoms with Gasteiger partial charge >= 0.3 is 0 Å². The van der Waals surface area contributed by atoms with Crippen LogP contribution in [0.4, 0.5) is 0 Å². The van der Waals surface area contributed by atoms with E-state index in [1.54, 1.807) is 0 Å². The van der Waals surface area contributed by atoms with E-state index in [4.69, 9.17) is 9.47 Å². The van der Waals surface area contributed by atoms with Crippen LogP contribution in [0.3, 0.4) is 0 Å². The summed E-state index contributed by atoms with van der Waals surface area (Å²) in [6.45, 7) is 8.56. The minimum atomic E-state index is -0.190. The van der Waals surface area contributed by atoms with Gasteiger partial charge in [0, 0.05) is 18.8 Å². The average molecular weight is 198 g/mol. The third-order valence-electron chi connectivity index (χ3n) is 3.74. The van der Waals surface area contributed by atoms with Gasteiger partial charge in [0.15, 0.2) is 5.79 Å². The first-order valence-corrected chi connectivity index (χ1v) is 5.89. The van der Waals surface area contributed by atoms with Crippen molar-refractivity contribution in [3.05, 3.63) is 0 Å². The molecule has 1 unspecified atom stereocenters. The molecular formula is C12H22O2. The third-order valence-corrected chi connectivity index (χ3v) is 3.74. The van der Waals surface area contributed by atoms with E-state index >= 15 is 0 Å². The molecule has 1 heterocycles. The normalized spacial score (nSPS) is 43.7. The Bertz CT molecular complexity index is 192. The topological polar surface area (TPSA) is 18.5 Å². The van der Waals surface area contributed by atoms with Crippen molar-refractivity contribution in [2.45, 2.75) is 45.8 Å². The van der Waals surface area contributed by atoms with Crippen LogP contribution < -0.4 is 0 Å². The van der Waals surface area contributed by atoms with Gasteiger partial charge in [0.25, 0.3) is 0 Å². The Morgan fingerprint density at radius 1 is 1.21 bits per heavy atom. The summed E-state index contributed by atoms with van der Waals surface area (Å²) in [4.78, 5) is 0. The number of rotatable bonds is 1. The van der Waals surface area contributed by atoms with E-state index in [-0.39, 0.29) is 5.79 Å². The van der Waals surface area contributed by atoms with Gasteiger partial charge < -0.3 is 9.47 Å². The molecule has 0 bridgehead atoms. The van der Waals surface area contributed by atoms with E-state index in [2.05, 4.69) is 20.8 Å². The predicted molar refractivity (Wildman–Crippen MR) is 56.0 cm³/mol. The summed E-state index contributed by atoms with van der Waals surface area (Å²) in [5, 5.41) is 0. The van der Waals surface area contributed by atoms with E-state index in [0.717, 1.165) is 32.0 Å². The van der Waals surface area contributed by atoms with Crippen molar-refractivity contribution in [2.75, 3.05) is 13.2 Å². The molecular weight excluding hydrogens is 176 g/mol. The lowest BCUT2D eigenvalue weighted by molar-refractivity contribution is -0.284. The number of ether oxygens (including phenoxy) is 2. The molecule has 2 heteroatoms. The first kappa shape index (κ1) is 10.4. The molecule has 2 aliphatic rings. The van der Waals surface area contributed by atoms with Crippen LogP contribution >= 0.6 is 0 Å².